The second-order valence-electron chi connectivity index (χ2n) is 3.16. The van der Waals surface area contributed by atoms with Crippen LogP contribution < -0.4 is 5.32 Å². The normalized spacial score (nSPS) is 10.7. The zero-order chi connectivity index (χ0) is 10.9. The van der Waals surface area contributed by atoms with E-state index in [1.165, 1.54) is 0 Å². The number of nitrogens with one attached hydrogen (secondary N) is 1. The zero-order valence-corrected chi connectivity index (χ0v) is 8.52. The number of carbonyl (C=O) groups is 1. The van der Waals surface area contributed by atoms with Crippen molar-refractivity contribution in [2.24, 2.45) is 0 Å². The molecule has 0 spiro atoms. The largest absolute Gasteiger partial charge is 0.481 e. The summed E-state index contributed by atoms with van der Waals surface area (Å²) in [6, 6.07) is 9.99. The van der Waals surface area contributed by atoms with E-state index in [0.717, 1.165) is 5.56 Å². The van der Waals surface area contributed by atoms with Crippen LogP contribution in [0.3, 0.4) is 0 Å². The molecule has 0 saturated heterocycles. The molecule has 0 unspecified atom stereocenters. The molecule has 1 aromatic carbocycles. The maximum atomic E-state index is 10.2. The lowest BCUT2D eigenvalue weighted by Crippen LogP contribution is -2.17. The van der Waals surface area contributed by atoms with E-state index in [1.54, 1.807) is 0 Å². The molecular weight excluding hydrogens is 190 g/mol. The Morgan fingerprint density at radius 1 is 1.33 bits per heavy atom. The molecule has 0 fully saturated rings. The molecular formula is C12H15NO2. The Morgan fingerprint density at radius 3 is 2.73 bits per heavy atom. The number of rotatable bonds is 6. The van der Waals surface area contributed by atoms with Crippen LogP contribution in [0.1, 0.15) is 12.0 Å². The van der Waals surface area contributed by atoms with Gasteiger partial charge in [-0.15, -0.1) is 0 Å². The van der Waals surface area contributed by atoms with Crippen molar-refractivity contribution in [3.05, 3.63) is 42.0 Å². The Kier molecular flexibility index (Phi) is 5.19. The van der Waals surface area contributed by atoms with Gasteiger partial charge in [-0.3, -0.25) is 4.79 Å². The van der Waals surface area contributed by atoms with E-state index in [1.807, 2.05) is 42.5 Å². The Balaban J connectivity index is 2.15. The summed E-state index contributed by atoms with van der Waals surface area (Å²) in [5.74, 6) is -0.769. The molecule has 0 radical (unpaired) electrons. The fraction of sp³-hybridized carbons (Fsp3) is 0.250. The smallest absolute Gasteiger partial charge is 0.304 e. The molecule has 0 bridgehead atoms. The van der Waals surface area contributed by atoms with Crippen LogP contribution in [0.2, 0.25) is 0 Å². The highest BCUT2D eigenvalue weighted by molar-refractivity contribution is 5.66. The molecule has 80 valence electrons. The summed E-state index contributed by atoms with van der Waals surface area (Å²) in [6.45, 7) is 1.20. The molecule has 1 rings (SSSR count). The first kappa shape index (κ1) is 11.5. The first-order valence-electron chi connectivity index (χ1n) is 4.93. The van der Waals surface area contributed by atoms with Crippen molar-refractivity contribution in [2.45, 2.75) is 6.42 Å². The Bertz CT molecular complexity index is 320. The quantitative estimate of drug-likeness (QED) is 0.696. The lowest BCUT2D eigenvalue weighted by Gasteiger charge is -1.97. The maximum absolute atomic E-state index is 10.2. The van der Waals surface area contributed by atoms with Crippen molar-refractivity contribution in [1.29, 1.82) is 0 Å². The Labute approximate surface area is 89.4 Å². The minimum absolute atomic E-state index is 0.166. The number of carboxylic acids is 1. The molecule has 0 amide bonds. The molecule has 3 nitrogen and oxygen atoms in total. The number of carboxylic acid groups (broad SMARTS) is 1. The van der Waals surface area contributed by atoms with Gasteiger partial charge in [0.1, 0.15) is 0 Å². The first-order chi connectivity index (χ1) is 7.29. The predicted molar refractivity (Wildman–Crippen MR) is 60.6 cm³/mol. The minimum Gasteiger partial charge on any atom is -0.481 e. The minimum atomic E-state index is -0.769. The van der Waals surface area contributed by atoms with E-state index in [9.17, 15) is 4.79 Å². The standard InChI is InChI=1S/C12H15NO2/c14-12(15)8-10-13-9-4-7-11-5-2-1-3-6-11/h1-7,13H,8-10H2,(H,14,15)/b7-4+. The van der Waals surface area contributed by atoms with Gasteiger partial charge in [0, 0.05) is 13.1 Å². The van der Waals surface area contributed by atoms with Crippen LogP contribution in [0.25, 0.3) is 6.08 Å². The third kappa shape index (κ3) is 5.65. The Morgan fingerprint density at radius 2 is 2.07 bits per heavy atom. The summed E-state index contributed by atoms with van der Waals surface area (Å²) in [5.41, 5.74) is 1.15. The number of hydrogen-bond donors (Lipinski definition) is 2. The van der Waals surface area contributed by atoms with Crippen LogP contribution in [0.5, 0.6) is 0 Å². The van der Waals surface area contributed by atoms with Gasteiger partial charge < -0.3 is 10.4 Å². The van der Waals surface area contributed by atoms with E-state index in [-0.39, 0.29) is 6.42 Å². The van der Waals surface area contributed by atoms with Crippen molar-refractivity contribution in [3.63, 3.8) is 0 Å². The van der Waals surface area contributed by atoms with Gasteiger partial charge in [0.05, 0.1) is 6.42 Å². The fourth-order valence-electron chi connectivity index (χ4n) is 1.14. The summed E-state index contributed by atoms with van der Waals surface area (Å²) >= 11 is 0. The van der Waals surface area contributed by atoms with Crippen LogP contribution in [-0.4, -0.2) is 24.2 Å². The molecule has 0 saturated carbocycles. The second-order valence-corrected chi connectivity index (χ2v) is 3.16. The lowest BCUT2D eigenvalue weighted by atomic mass is 10.2. The summed E-state index contributed by atoms with van der Waals surface area (Å²) in [4.78, 5) is 10.2. The number of benzene rings is 1. The lowest BCUT2D eigenvalue weighted by molar-refractivity contribution is -0.136. The highest BCUT2D eigenvalue weighted by Gasteiger charge is 1.92. The Hall–Kier alpha value is -1.61. The van der Waals surface area contributed by atoms with Gasteiger partial charge in [0.2, 0.25) is 0 Å². The van der Waals surface area contributed by atoms with Crippen molar-refractivity contribution in [2.75, 3.05) is 13.1 Å². The highest BCUT2D eigenvalue weighted by atomic mass is 16.4. The van der Waals surface area contributed by atoms with Gasteiger partial charge in [-0.05, 0) is 5.56 Å². The average molecular weight is 205 g/mol. The summed E-state index contributed by atoms with van der Waals surface area (Å²) in [7, 11) is 0. The van der Waals surface area contributed by atoms with Gasteiger partial charge in [0.15, 0.2) is 0 Å². The molecule has 1 aromatic rings. The molecule has 0 heterocycles. The molecule has 15 heavy (non-hydrogen) atoms. The van der Waals surface area contributed by atoms with Crippen LogP contribution in [0.15, 0.2) is 36.4 Å². The molecule has 0 atom stereocenters. The van der Waals surface area contributed by atoms with Gasteiger partial charge in [0.25, 0.3) is 0 Å². The van der Waals surface area contributed by atoms with Crippen molar-refractivity contribution in [1.82, 2.24) is 5.32 Å². The third-order valence-corrected chi connectivity index (χ3v) is 1.89. The van der Waals surface area contributed by atoms with Gasteiger partial charge >= 0.3 is 5.97 Å². The first-order valence-corrected chi connectivity index (χ1v) is 4.93. The number of hydrogen-bond acceptors (Lipinski definition) is 2. The summed E-state index contributed by atoms with van der Waals surface area (Å²) < 4.78 is 0. The molecule has 3 heteroatoms. The van der Waals surface area contributed by atoms with Crippen LogP contribution in [0, 0.1) is 0 Å². The van der Waals surface area contributed by atoms with Crippen molar-refractivity contribution in [3.8, 4) is 0 Å². The van der Waals surface area contributed by atoms with E-state index in [4.69, 9.17) is 5.11 Å². The zero-order valence-electron chi connectivity index (χ0n) is 8.52. The van der Waals surface area contributed by atoms with Crippen LogP contribution in [-0.2, 0) is 4.79 Å². The highest BCUT2D eigenvalue weighted by Crippen LogP contribution is 1.99. The van der Waals surface area contributed by atoms with E-state index in [0.29, 0.717) is 13.1 Å². The van der Waals surface area contributed by atoms with E-state index >= 15 is 0 Å². The molecule has 0 aromatic heterocycles. The van der Waals surface area contributed by atoms with Crippen LogP contribution in [0.4, 0.5) is 0 Å². The van der Waals surface area contributed by atoms with Crippen LogP contribution >= 0.6 is 0 Å². The third-order valence-electron chi connectivity index (χ3n) is 1.89. The number of aliphatic carboxylic acids is 1. The van der Waals surface area contributed by atoms with Gasteiger partial charge in [-0.25, -0.2) is 0 Å². The van der Waals surface area contributed by atoms with Crippen molar-refractivity contribution < 1.29 is 9.90 Å². The topological polar surface area (TPSA) is 49.3 Å². The van der Waals surface area contributed by atoms with Crippen molar-refractivity contribution >= 4 is 12.0 Å². The summed E-state index contributed by atoms with van der Waals surface area (Å²) in [5, 5.41) is 11.4. The average Bonchev–Trinajstić information content (AvgIpc) is 2.24. The molecule has 2 N–H and O–H groups in total. The van der Waals surface area contributed by atoms with Gasteiger partial charge in [-0.1, -0.05) is 42.5 Å². The SMILES string of the molecule is O=C(O)CCNC/C=C/c1ccccc1. The second kappa shape index (κ2) is 6.79. The fourth-order valence-corrected chi connectivity index (χ4v) is 1.14. The molecule has 0 aliphatic heterocycles. The summed E-state index contributed by atoms with van der Waals surface area (Å²) in [6.07, 6.45) is 4.16. The predicted octanol–water partition coefficient (Wildman–Crippen LogP) is 1.76. The van der Waals surface area contributed by atoms with E-state index < -0.39 is 5.97 Å². The van der Waals surface area contributed by atoms with E-state index in [2.05, 4.69) is 5.32 Å². The molecule has 0 aliphatic rings. The monoisotopic (exact) mass is 205 g/mol. The van der Waals surface area contributed by atoms with Gasteiger partial charge in [-0.2, -0.15) is 0 Å². The maximum Gasteiger partial charge on any atom is 0.304 e. The molecule has 0 aliphatic carbocycles.